The van der Waals surface area contributed by atoms with Gasteiger partial charge in [0.2, 0.25) is 5.91 Å². The number of nitrogens with zero attached hydrogens (tertiary/aromatic N) is 1. The highest BCUT2D eigenvalue weighted by Crippen LogP contribution is 2.17. The van der Waals surface area contributed by atoms with Gasteiger partial charge in [-0.15, -0.1) is 0 Å². The van der Waals surface area contributed by atoms with Crippen molar-refractivity contribution in [3.8, 4) is 0 Å². The molecule has 1 N–H and O–H groups in total. The first kappa shape index (κ1) is 19.2. The van der Waals surface area contributed by atoms with Crippen LogP contribution < -0.4 is 10.2 Å². The quantitative estimate of drug-likeness (QED) is 0.808. The lowest BCUT2D eigenvalue weighted by molar-refractivity contribution is -0.122. The van der Waals surface area contributed by atoms with Crippen LogP contribution in [-0.2, 0) is 14.3 Å². The maximum atomic E-state index is 12.5. The summed E-state index contributed by atoms with van der Waals surface area (Å²) < 4.78 is 5.16. The van der Waals surface area contributed by atoms with Gasteiger partial charge in [0.1, 0.15) is 0 Å². The second kappa shape index (κ2) is 8.80. The van der Waals surface area contributed by atoms with Crippen molar-refractivity contribution in [2.75, 3.05) is 16.8 Å². The zero-order valence-electron chi connectivity index (χ0n) is 15.1. The fourth-order valence-electron chi connectivity index (χ4n) is 2.53. The van der Waals surface area contributed by atoms with Crippen molar-refractivity contribution in [2.24, 2.45) is 0 Å². The number of hydrogen-bond donors (Lipinski definition) is 1. The number of hydrogen-bond acceptors (Lipinski definition) is 4. The van der Waals surface area contributed by atoms with Gasteiger partial charge in [0, 0.05) is 24.3 Å². The molecule has 0 aliphatic heterocycles. The smallest absolute Gasteiger partial charge is 0.338 e. The Morgan fingerprint density at radius 2 is 1.73 bits per heavy atom. The third kappa shape index (κ3) is 5.17. The SMILES string of the molecule is CC(=O)Nc1cccc(C(=O)OCC(=O)N(c2ccccc2)C(C)C)c1. The predicted molar refractivity (Wildman–Crippen MR) is 100 cm³/mol. The van der Waals surface area contributed by atoms with E-state index < -0.39 is 5.97 Å². The molecule has 0 aliphatic rings. The summed E-state index contributed by atoms with van der Waals surface area (Å²) in [5.74, 6) is -1.17. The number of esters is 1. The lowest BCUT2D eigenvalue weighted by atomic mass is 10.2. The van der Waals surface area contributed by atoms with Crippen LogP contribution in [-0.4, -0.2) is 30.4 Å². The van der Waals surface area contributed by atoms with E-state index in [1.165, 1.54) is 13.0 Å². The largest absolute Gasteiger partial charge is 0.452 e. The van der Waals surface area contributed by atoms with Crippen LogP contribution in [0.25, 0.3) is 0 Å². The molecule has 0 heterocycles. The number of rotatable bonds is 6. The van der Waals surface area contributed by atoms with Gasteiger partial charge in [0.15, 0.2) is 6.61 Å². The van der Waals surface area contributed by atoms with Crippen molar-refractivity contribution in [1.82, 2.24) is 0 Å². The van der Waals surface area contributed by atoms with Crippen LogP contribution in [0.1, 0.15) is 31.1 Å². The summed E-state index contributed by atoms with van der Waals surface area (Å²) in [6.45, 7) is 4.80. The van der Waals surface area contributed by atoms with Crippen molar-refractivity contribution in [1.29, 1.82) is 0 Å². The van der Waals surface area contributed by atoms with Gasteiger partial charge in [-0.3, -0.25) is 9.59 Å². The normalized spacial score (nSPS) is 10.3. The van der Waals surface area contributed by atoms with Crippen LogP contribution in [0, 0.1) is 0 Å². The minimum absolute atomic E-state index is 0.0771. The van der Waals surface area contributed by atoms with Crippen molar-refractivity contribution in [3.63, 3.8) is 0 Å². The van der Waals surface area contributed by atoms with Gasteiger partial charge in [0.25, 0.3) is 5.91 Å². The van der Waals surface area contributed by atoms with Crippen LogP contribution in [0.5, 0.6) is 0 Å². The van der Waals surface area contributed by atoms with Gasteiger partial charge in [-0.1, -0.05) is 24.3 Å². The van der Waals surface area contributed by atoms with Crippen molar-refractivity contribution in [3.05, 3.63) is 60.2 Å². The molecule has 0 atom stereocenters. The fraction of sp³-hybridized carbons (Fsp3) is 0.250. The summed E-state index contributed by atoms with van der Waals surface area (Å²) in [5, 5.41) is 2.60. The molecule has 6 heteroatoms. The van der Waals surface area contributed by atoms with E-state index in [1.54, 1.807) is 23.1 Å². The van der Waals surface area contributed by atoms with Crippen molar-refractivity contribution < 1.29 is 19.1 Å². The molecule has 2 aromatic rings. The molecule has 6 nitrogen and oxygen atoms in total. The van der Waals surface area contributed by atoms with E-state index >= 15 is 0 Å². The summed E-state index contributed by atoms with van der Waals surface area (Å²) in [4.78, 5) is 37.4. The van der Waals surface area contributed by atoms with Crippen LogP contribution in [0.3, 0.4) is 0 Å². The topological polar surface area (TPSA) is 75.7 Å². The predicted octanol–water partition coefficient (Wildman–Crippen LogP) is 3.24. The summed E-state index contributed by atoms with van der Waals surface area (Å²) in [7, 11) is 0. The number of anilines is 2. The molecular formula is C20H22N2O4. The molecule has 26 heavy (non-hydrogen) atoms. The van der Waals surface area contributed by atoms with E-state index in [2.05, 4.69) is 5.32 Å². The lowest BCUT2D eigenvalue weighted by Crippen LogP contribution is -2.39. The standard InChI is InChI=1S/C20H22N2O4/c1-14(2)22(18-10-5-4-6-11-18)19(24)13-26-20(25)16-8-7-9-17(12-16)21-15(3)23/h4-12,14H,13H2,1-3H3,(H,21,23). The van der Waals surface area contributed by atoms with Gasteiger partial charge in [0.05, 0.1) is 5.56 Å². The zero-order chi connectivity index (χ0) is 19.1. The Labute approximate surface area is 152 Å². The molecule has 0 aliphatic carbocycles. The van der Waals surface area contributed by atoms with Crippen LogP contribution in [0.2, 0.25) is 0 Å². The molecule has 0 radical (unpaired) electrons. The van der Waals surface area contributed by atoms with Gasteiger partial charge >= 0.3 is 5.97 Å². The molecule has 2 aromatic carbocycles. The average Bonchev–Trinajstić information content (AvgIpc) is 2.60. The van der Waals surface area contributed by atoms with Gasteiger partial charge in [-0.25, -0.2) is 4.79 Å². The first-order valence-electron chi connectivity index (χ1n) is 8.30. The fourth-order valence-corrected chi connectivity index (χ4v) is 2.53. The van der Waals surface area contributed by atoms with Crippen LogP contribution in [0.4, 0.5) is 11.4 Å². The molecule has 2 rings (SSSR count). The highest BCUT2D eigenvalue weighted by Gasteiger charge is 2.20. The summed E-state index contributed by atoms with van der Waals surface area (Å²) >= 11 is 0. The van der Waals surface area contributed by atoms with E-state index in [0.717, 1.165) is 5.69 Å². The van der Waals surface area contributed by atoms with E-state index in [1.807, 2.05) is 44.2 Å². The third-order valence-corrected chi connectivity index (χ3v) is 3.56. The van der Waals surface area contributed by atoms with E-state index in [9.17, 15) is 14.4 Å². The van der Waals surface area contributed by atoms with Gasteiger partial charge < -0.3 is 15.0 Å². The Morgan fingerprint density at radius 1 is 1.04 bits per heavy atom. The molecule has 0 bridgehead atoms. The molecule has 0 fully saturated rings. The molecule has 0 aromatic heterocycles. The number of nitrogens with one attached hydrogen (secondary N) is 1. The Hall–Kier alpha value is -3.15. The maximum Gasteiger partial charge on any atom is 0.338 e. The number of para-hydroxylation sites is 1. The minimum Gasteiger partial charge on any atom is -0.452 e. The second-order valence-corrected chi connectivity index (χ2v) is 6.03. The highest BCUT2D eigenvalue weighted by molar-refractivity contribution is 5.98. The lowest BCUT2D eigenvalue weighted by Gasteiger charge is -2.26. The molecule has 136 valence electrons. The van der Waals surface area contributed by atoms with Crippen LogP contribution in [0.15, 0.2) is 54.6 Å². The van der Waals surface area contributed by atoms with E-state index in [0.29, 0.717) is 5.69 Å². The molecule has 0 saturated heterocycles. The molecule has 0 spiro atoms. The Bertz CT molecular complexity index is 787. The Kier molecular flexibility index (Phi) is 6.49. The number of benzene rings is 2. The van der Waals surface area contributed by atoms with E-state index in [-0.39, 0.29) is 30.0 Å². The Morgan fingerprint density at radius 3 is 2.35 bits per heavy atom. The number of amides is 2. The zero-order valence-corrected chi connectivity index (χ0v) is 15.1. The van der Waals surface area contributed by atoms with Crippen molar-refractivity contribution in [2.45, 2.75) is 26.8 Å². The van der Waals surface area contributed by atoms with Gasteiger partial charge in [-0.2, -0.15) is 0 Å². The maximum absolute atomic E-state index is 12.5. The first-order chi connectivity index (χ1) is 12.4. The molecular weight excluding hydrogens is 332 g/mol. The number of carbonyl (C=O) groups is 3. The minimum atomic E-state index is -0.623. The summed E-state index contributed by atoms with van der Waals surface area (Å²) in [5.41, 5.74) is 1.50. The van der Waals surface area contributed by atoms with Gasteiger partial charge in [-0.05, 0) is 44.2 Å². The number of carbonyl (C=O) groups excluding carboxylic acids is 3. The molecule has 2 amide bonds. The average molecular weight is 354 g/mol. The summed E-state index contributed by atoms with van der Waals surface area (Å²) in [6, 6.07) is 15.5. The first-order valence-corrected chi connectivity index (χ1v) is 8.30. The molecule has 0 unspecified atom stereocenters. The molecule has 0 saturated carbocycles. The Balaban J connectivity index is 2.04. The number of ether oxygens (including phenoxy) is 1. The monoisotopic (exact) mass is 354 g/mol. The third-order valence-electron chi connectivity index (χ3n) is 3.56. The summed E-state index contributed by atoms with van der Waals surface area (Å²) in [6.07, 6.45) is 0. The second-order valence-electron chi connectivity index (χ2n) is 6.03. The van der Waals surface area contributed by atoms with Crippen LogP contribution >= 0.6 is 0 Å². The van der Waals surface area contributed by atoms with E-state index in [4.69, 9.17) is 4.74 Å². The van der Waals surface area contributed by atoms with Crippen molar-refractivity contribution >= 4 is 29.2 Å². The highest BCUT2D eigenvalue weighted by atomic mass is 16.5.